The molecule has 5 heteroatoms. The fraction of sp³-hybridized carbons (Fsp3) is 0.0833. The van der Waals surface area contributed by atoms with Crippen LogP contribution in [0.2, 0.25) is 0 Å². The van der Waals surface area contributed by atoms with Crippen LogP contribution >= 0.6 is 15.9 Å². The molecule has 1 aliphatic heterocycles. The highest BCUT2D eigenvalue weighted by atomic mass is 79.9. The van der Waals surface area contributed by atoms with Gasteiger partial charge in [0.25, 0.3) is 11.8 Å². The minimum atomic E-state index is -0.298. The van der Waals surface area contributed by atoms with Crippen molar-refractivity contribution < 1.29 is 9.59 Å². The van der Waals surface area contributed by atoms with Gasteiger partial charge in [-0.15, -0.1) is 0 Å². The molecule has 0 unspecified atom stereocenters. The zero-order valence-corrected chi connectivity index (χ0v) is 17.2. The van der Waals surface area contributed by atoms with Crippen LogP contribution in [0.4, 0.5) is 5.69 Å². The van der Waals surface area contributed by atoms with Crippen molar-refractivity contribution in [1.29, 1.82) is 0 Å². The number of nitrogens with one attached hydrogen (secondary N) is 1. The zero-order valence-electron chi connectivity index (χ0n) is 15.6. The van der Waals surface area contributed by atoms with E-state index < -0.39 is 0 Å². The van der Waals surface area contributed by atoms with Gasteiger partial charge in [-0.2, -0.15) is 0 Å². The van der Waals surface area contributed by atoms with Crippen molar-refractivity contribution in [1.82, 2.24) is 4.90 Å². The molecule has 3 aromatic rings. The second-order valence-corrected chi connectivity index (χ2v) is 7.66. The minimum Gasteiger partial charge on any atom is -0.350 e. The Kier molecular flexibility index (Phi) is 5.58. The summed E-state index contributed by atoms with van der Waals surface area (Å²) >= 11 is 3.41. The summed E-state index contributed by atoms with van der Waals surface area (Å²) in [6.07, 6.45) is 0.617. The SMILES string of the molecule is O=C1C(Nc2ccc(Br)cc2)=C(c2ccccc2)C(=O)N1CCc1ccccc1. The molecule has 0 fully saturated rings. The van der Waals surface area contributed by atoms with Crippen LogP contribution in [-0.4, -0.2) is 23.3 Å². The monoisotopic (exact) mass is 446 g/mol. The van der Waals surface area contributed by atoms with Crippen molar-refractivity contribution in [2.75, 3.05) is 11.9 Å². The van der Waals surface area contributed by atoms with Crippen LogP contribution in [0.3, 0.4) is 0 Å². The maximum absolute atomic E-state index is 13.2. The van der Waals surface area contributed by atoms with Gasteiger partial charge in [0.15, 0.2) is 0 Å². The van der Waals surface area contributed by atoms with Gasteiger partial charge in [-0.1, -0.05) is 76.6 Å². The van der Waals surface area contributed by atoms with E-state index >= 15 is 0 Å². The molecule has 1 N–H and O–H groups in total. The fourth-order valence-corrected chi connectivity index (χ4v) is 3.60. The molecule has 0 saturated heterocycles. The summed E-state index contributed by atoms with van der Waals surface area (Å²) in [6.45, 7) is 0.337. The Morgan fingerprint density at radius 2 is 1.38 bits per heavy atom. The summed E-state index contributed by atoms with van der Waals surface area (Å²) in [5.74, 6) is -0.565. The van der Waals surface area contributed by atoms with Gasteiger partial charge in [-0.25, -0.2) is 0 Å². The number of imide groups is 1. The first kappa shape index (κ1) is 19.2. The Balaban J connectivity index is 1.65. The number of nitrogens with zero attached hydrogens (tertiary/aromatic N) is 1. The van der Waals surface area contributed by atoms with Crippen LogP contribution in [-0.2, 0) is 16.0 Å². The Hall–Kier alpha value is -3.18. The third-order valence-electron chi connectivity index (χ3n) is 4.81. The van der Waals surface area contributed by atoms with E-state index in [0.29, 0.717) is 24.2 Å². The molecule has 29 heavy (non-hydrogen) atoms. The van der Waals surface area contributed by atoms with Gasteiger partial charge in [0.1, 0.15) is 5.70 Å². The van der Waals surface area contributed by atoms with E-state index in [1.165, 1.54) is 4.90 Å². The summed E-state index contributed by atoms with van der Waals surface area (Å²) in [6, 6.07) is 26.7. The van der Waals surface area contributed by atoms with Gasteiger partial charge >= 0.3 is 0 Å². The molecule has 1 heterocycles. The maximum Gasteiger partial charge on any atom is 0.278 e. The number of rotatable bonds is 6. The van der Waals surface area contributed by atoms with E-state index in [2.05, 4.69) is 21.2 Å². The van der Waals surface area contributed by atoms with Crippen LogP contribution in [0.5, 0.6) is 0 Å². The van der Waals surface area contributed by atoms with Gasteiger partial charge in [-0.05, 0) is 41.8 Å². The molecule has 0 aliphatic carbocycles. The number of halogens is 1. The molecule has 0 aromatic heterocycles. The molecule has 1 aliphatic rings. The molecule has 0 atom stereocenters. The van der Waals surface area contributed by atoms with Crippen LogP contribution in [0.25, 0.3) is 5.57 Å². The number of hydrogen-bond acceptors (Lipinski definition) is 3. The van der Waals surface area contributed by atoms with E-state index in [1.54, 1.807) is 0 Å². The summed E-state index contributed by atoms with van der Waals surface area (Å²) in [5.41, 5.74) is 3.29. The third-order valence-corrected chi connectivity index (χ3v) is 5.34. The Morgan fingerprint density at radius 1 is 0.759 bits per heavy atom. The lowest BCUT2D eigenvalue weighted by Gasteiger charge is -2.15. The van der Waals surface area contributed by atoms with Crippen LogP contribution in [0.1, 0.15) is 11.1 Å². The summed E-state index contributed by atoms with van der Waals surface area (Å²) < 4.78 is 0.943. The number of hydrogen-bond donors (Lipinski definition) is 1. The quantitative estimate of drug-likeness (QED) is 0.548. The molecule has 4 nitrogen and oxygen atoms in total. The smallest absolute Gasteiger partial charge is 0.278 e. The first-order valence-corrected chi connectivity index (χ1v) is 10.1. The Morgan fingerprint density at radius 3 is 2.03 bits per heavy atom. The van der Waals surface area contributed by atoms with Crippen LogP contribution < -0.4 is 5.32 Å². The lowest BCUT2D eigenvalue weighted by atomic mass is 10.0. The Bertz CT molecular complexity index is 1060. The van der Waals surface area contributed by atoms with Crippen molar-refractivity contribution in [3.8, 4) is 0 Å². The number of carbonyl (C=O) groups is 2. The van der Waals surface area contributed by atoms with Crippen molar-refractivity contribution in [2.24, 2.45) is 0 Å². The second kappa shape index (κ2) is 8.45. The van der Waals surface area contributed by atoms with Gasteiger partial charge in [0, 0.05) is 16.7 Å². The van der Waals surface area contributed by atoms with Gasteiger partial charge in [-0.3, -0.25) is 14.5 Å². The average Bonchev–Trinajstić information content (AvgIpc) is 2.99. The molecule has 4 rings (SSSR count). The number of benzene rings is 3. The third kappa shape index (κ3) is 4.15. The van der Waals surface area contributed by atoms with Crippen molar-refractivity contribution >= 4 is 39.0 Å². The molecule has 0 bridgehead atoms. The lowest BCUT2D eigenvalue weighted by molar-refractivity contribution is -0.136. The topological polar surface area (TPSA) is 49.4 Å². The zero-order chi connectivity index (χ0) is 20.2. The number of anilines is 1. The molecule has 0 spiro atoms. The highest BCUT2D eigenvalue weighted by Crippen LogP contribution is 2.30. The fourth-order valence-electron chi connectivity index (χ4n) is 3.33. The molecule has 0 saturated carbocycles. The van der Waals surface area contributed by atoms with E-state index in [9.17, 15) is 9.59 Å². The molecular weight excluding hydrogens is 428 g/mol. The number of amides is 2. The Labute approximate surface area is 178 Å². The van der Waals surface area contributed by atoms with E-state index in [4.69, 9.17) is 0 Å². The molecule has 2 amide bonds. The second-order valence-electron chi connectivity index (χ2n) is 6.75. The van der Waals surface area contributed by atoms with Gasteiger partial charge < -0.3 is 5.32 Å². The molecule has 0 radical (unpaired) electrons. The molecule has 144 valence electrons. The predicted molar refractivity (Wildman–Crippen MR) is 118 cm³/mol. The summed E-state index contributed by atoms with van der Waals surface area (Å²) in [4.78, 5) is 27.7. The van der Waals surface area contributed by atoms with Crippen molar-refractivity contribution in [3.05, 3.63) is 106 Å². The standard InChI is InChI=1S/C24H19BrN2O2/c25-19-11-13-20(14-12-19)26-22-21(18-9-5-2-6-10-18)23(28)27(24(22)29)16-15-17-7-3-1-4-8-17/h1-14,26H,15-16H2. The highest BCUT2D eigenvalue weighted by Gasteiger charge is 2.38. The average molecular weight is 447 g/mol. The maximum atomic E-state index is 13.2. The largest absolute Gasteiger partial charge is 0.350 e. The van der Waals surface area contributed by atoms with E-state index in [1.807, 2.05) is 84.9 Å². The first-order chi connectivity index (χ1) is 14.1. The highest BCUT2D eigenvalue weighted by molar-refractivity contribution is 9.10. The number of carbonyl (C=O) groups excluding carboxylic acids is 2. The van der Waals surface area contributed by atoms with E-state index in [-0.39, 0.29) is 11.8 Å². The summed E-state index contributed by atoms with van der Waals surface area (Å²) in [5, 5.41) is 3.17. The lowest BCUT2D eigenvalue weighted by Crippen LogP contribution is -2.34. The van der Waals surface area contributed by atoms with E-state index in [0.717, 1.165) is 21.3 Å². The van der Waals surface area contributed by atoms with Gasteiger partial charge in [0.2, 0.25) is 0 Å². The first-order valence-electron chi connectivity index (χ1n) is 9.36. The normalized spacial score (nSPS) is 13.9. The predicted octanol–water partition coefficient (Wildman–Crippen LogP) is 4.88. The van der Waals surface area contributed by atoms with Gasteiger partial charge in [0.05, 0.1) is 5.57 Å². The van der Waals surface area contributed by atoms with Crippen molar-refractivity contribution in [2.45, 2.75) is 6.42 Å². The molecule has 3 aromatic carbocycles. The van der Waals surface area contributed by atoms with Crippen LogP contribution in [0, 0.1) is 0 Å². The van der Waals surface area contributed by atoms with Crippen LogP contribution in [0.15, 0.2) is 95.1 Å². The molecular formula is C24H19BrN2O2. The minimum absolute atomic E-state index is 0.267. The van der Waals surface area contributed by atoms with Crippen molar-refractivity contribution in [3.63, 3.8) is 0 Å². The summed E-state index contributed by atoms with van der Waals surface area (Å²) in [7, 11) is 0.